The molecule has 1 atom stereocenters. The molecule has 0 aliphatic heterocycles. The molecular formula is C12H19N3O. The first-order valence-corrected chi connectivity index (χ1v) is 5.93. The van der Waals surface area contributed by atoms with Crippen molar-refractivity contribution < 1.29 is 0 Å². The van der Waals surface area contributed by atoms with Gasteiger partial charge in [0.25, 0.3) is 5.56 Å². The first kappa shape index (κ1) is 11.2. The Hall–Kier alpha value is -1.32. The summed E-state index contributed by atoms with van der Waals surface area (Å²) in [5, 5.41) is 3.19. The lowest BCUT2D eigenvalue weighted by atomic mass is 10.1. The molecule has 0 spiro atoms. The first-order chi connectivity index (χ1) is 7.59. The summed E-state index contributed by atoms with van der Waals surface area (Å²) in [6.45, 7) is 6.32. The minimum Gasteiger partial charge on any atom is -0.363 e. The number of nitrogens with zero attached hydrogens (tertiary/aromatic N) is 2. The zero-order chi connectivity index (χ0) is 11.7. The summed E-state index contributed by atoms with van der Waals surface area (Å²) in [6, 6.07) is 0.667. The molecular weight excluding hydrogens is 202 g/mol. The van der Waals surface area contributed by atoms with Gasteiger partial charge in [0, 0.05) is 24.5 Å². The quantitative estimate of drug-likeness (QED) is 0.846. The van der Waals surface area contributed by atoms with E-state index in [9.17, 15) is 4.79 Å². The Balaban J connectivity index is 2.21. The number of aromatic nitrogens is 2. The van der Waals surface area contributed by atoms with Gasteiger partial charge in [-0.25, -0.2) is 4.98 Å². The molecule has 1 aromatic heterocycles. The zero-order valence-corrected chi connectivity index (χ0v) is 10.1. The van der Waals surface area contributed by atoms with Crippen LogP contribution >= 0.6 is 0 Å². The molecule has 1 heterocycles. The van der Waals surface area contributed by atoms with E-state index in [-0.39, 0.29) is 11.6 Å². The fraction of sp³-hybridized carbons (Fsp3) is 0.667. The minimum atomic E-state index is 0.0116. The third kappa shape index (κ3) is 2.26. The maximum atomic E-state index is 12.0. The van der Waals surface area contributed by atoms with E-state index in [1.165, 1.54) is 0 Å². The van der Waals surface area contributed by atoms with E-state index in [1.54, 1.807) is 17.0 Å². The SMILES string of the molecule is CC(C)C(C)Nc1nccn(C2CC2)c1=O. The van der Waals surface area contributed by atoms with Crippen molar-refractivity contribution in [3.63, 3.8) is 0 Å². The molecule has 0 radical (unpaired) electrons. The average molecular weight is 221 g/mol. The lowest BCUT2D eigenvalue weighted by Crippen LogP contribution is -2.29. The number of hydrogen-bond acceptors (Lipinski definition) is 3. The molecule has 0 amide bonds. The molecule has 16 heavy (non-hydrogen) atoms. The summed E-state index contributed by atoms with van der Waals surface area (Å²) < 4.78 is 1.79. The van der Waals surface area contributed by atoms with Gasteiger partial charge in [-0.3, -0.25) is 4.79 Å². The molecule has 0 bridgehead atoms. The highest BCUT2D eigenvalue weighted by Gasteiger charge is 2.25. The van der Waals surface area contributed by atoms with Crippen LogP contribution in [0.5, 0.6) is 0 Å². The molecule has 4 nitrogen and oxygen atoms in total. The lowest BCUT2D eigenvalue weighted by Gasteiger charge is -2.18. The van der Waals surface area contributed by atoms with Crippen LogP contribution < -0.4 is 10.9 Å². The fourth-order valence-electron chi connectivity index (χ4n) is 1.55. The van der Waals surface area contributed by atoms with Gasteiger partial charge in [-0.2, -0.15) is 0 Å². The fourth-order valence-corrected chi connectivity index (χ4v) is 1.55. The van der Waals surface area contributed by atoms with Gasteiger partial charge < -0.3 is 9.88 Å². The topological polar surface area (TPSA) is 46.9 Å². The van der Waals surface area contributed by atoms with Gasteiger partial charge in [0.2, 0.25) is 0 Å². The van der Waals surface area contributed by atoms with Crippen molar-refractivity contribution in [3.05, 3.63) is 22.7 Å². The van der Waals surface area contributed by atoms with E-state index < -0.39 is 0 Å². The van der Waals surface area contributed by atoms with Crippen LogP contribution in [-0.4, -0.2) is 15.6 Å². The molecule has 1 aromatic rings. The van der Waals surface area contributed by atoms with Gasteiger partial charge in [0.05, 0.1) is 0 Å². The van der Waals surface area contributed by atoms with Crippen LogP contribution in [0, 0.1) is 5.92 Å². The molecule has 1 saturated carbocycles. The number of hydrogen-bond donors (Lipinski definition) is 1. The van der Waals surface area contributed by atoms with E-state index in [0.29, 0.717) is 17.8 Å². The van der Waals surface area contributed by atoms with E-state index in [0.717, 1.165) is 12.8 Å². The molecule has 1 unspecified atom stereocenters. The van der Waals surface area contributed by atoms with Gasteiger partial charge >= 0.3 is 0 Å². The zero-order valence-electron chi connectivity index (χ0n) is 10.1. The van der Waals surface area contributed by atoms with Gasteiger partial charge in [-0.05, 0) is 25.7 Å². The molecule has 0 aromatic carbocycles. The molecule has 2 rings (SSSR count). The normalized spacial score (nSPS) is 17.5. The van der Waals surface area contributed by atoms with Crippen LogP contribution in [-0.2, 0) is 0 Å². The Bertz CT molecular complexity index is 421. The molecule has 0 saturated heterocycles. The minimum absolute atomic E-state index is 0.0116. The summed E-state index contributed by atoms with van der Waals surface area (Å²) in [5.74, 6) is 0.964. The summed E-state index contributed by atoms with van der Waals surface area (Å²) in [5.41, 5.74) is 0.0116. The summed E-state index contributed by atoms with van der Waals surface area (Å²) in [4.78, 5) is 16.2. The third-order valence-corrected chi connectivity index (χ3v) is 3.17. The van der Waals surface area contributed by atoms with Crippen molar-refractivity contribution in [2.24, 2.45) is 5.92 Å². The highest BCUT2D eigenvalue weighted by molar-refractivity contribution is 5.32. The van der Waals surface area contributed by atoms with Crippen LogP contribution in [0.3, 0.4) is 0 Å². The second-order valence-corrected chi connectivity index (χ2v) is 4.90. The van der Waals surface area contributed by atoms with Crippen molar-refractivity contribution in [3.8, 4) is 0 Å². The van der Waals surface area contributed by atoms with Gasteiger partial charge in [0.15, 0.2) is 5.82 Å². The van der Waals surface area contributed by atoms with E-state index in [1.807, 2.05) is 0 Å². The third-order valence-electron chi connectivity index (χ3n) is 3.17. The second kappa shape index (κ2) is 4.28. The maximum Gasteiger partial charge on any atom is 0.293 e. The Kier molecular flexibility index (Phi) is 2.99. The van der Waals surface area contributed by atoms with Crippen molar-refractivity contribution in [2.45, 2.75) is 45.7 Å². The predicted molar refractivity (Wildman–Crippen MR) is 64.7 cm³/mol. The number of nitrogens with one attached hydrogen (secondary N) is 1. The van der Waals surface area contributed by atoms with Crippen molar-refractivity contribution >= 4 is 5.82 Å². The highest BCUT2D eigenvalue weighted by Crippen LogP contribution is 2.33. The van der Waals surface area contributed by atoms with Gasteiger partial charge in [-0.1, -0.05) is 13.8 Å². The van der Waals surface area contributed by atoms with Gasteiger partial charge in [0.1, 0.15) is 0 Å². The maximum absolute atomic E-state index is 12.0. The monoisotopic (exact) mass is 221 g/mol. The predicted octanol–water partition coefficient (Wildman–Crippen LogP) is 2.03. The number of anilines is 1. The molecule has 1 aliphatic carbocycles. The Labute approximate surface area is 95.7 Å². The largest absolute Gasteiger partial charge is 0.363 e. The standard InChI is InChI=1S/C12H19N3O/c1-8(2)9(3)14-11-12(16)15(7-6-13-11)10-4-5-10/h6-10H,4-5H2,1-3H3,(H,13,14). The lowest BCUT2D eigenvalue weighted by molar-refractivity contribution is 0.555. The molecule has 88 valence electrons. The van der Waals surface area contributed by atoms with Crippen LogP contribution in [0.4, 0.5) is 5.82 Å². The highest BCUT2D eigenvalue weighted by atomic mass is 16.1. The van der Waals surface area contributed by atoms with Crippen molar-refractivity contribution in [1.82, 2.24) is 9.55 Å². The van der Waals surface area contributed by atoms with Crippen LogP contribution in [0.1, 0.15) is 39.7 Å². The Morgan fingerprint density at radius 1 is 1.44 bits per heavy atom. The number of rotatable bonds is 4. The Morgan fingerprint density at radius 3 is 2.69 bits per heavy atom. The Morgan fingerprint density at radius 2 is 2.12 bits per heavy atom. The van der Waals surface area contributed by atoms with E-state index >= 15 is 0 Å². The molecule has 1 aliphatic rings. The summed E-state index contributed by atoms with van der Waals surface area (Å²) >= 11 is 0. The first-order valence-electron chi connectivity index (χ1n) is 5.93. The van der Waals surface area contributed by atoms with Crippen LogP contribution in [0.2, 0.25) is 0 Å². The summed E-state index contributed by atoms with van der Waals surface area (Å²) in [7, 11) is 0. The van der Waals surface area contributed by atoms with E-state index in [4.69, 9.17) is 0 Å². The molecule has 4 heteroatoms. The molecule has 1 N–H and O–H groups in total. The second-order valence-electron chi connectivity index (χ2n) is 4.90. The van der Waals surface area contributed by atoms with Crippen molar-refractivity contribution in [1.29, 1.82) is 0 Å². The average Bonchev–Trinajstić information content (AvgIpc) is 3.04. The van der Waals surface area contributed by atoms with E-state index in [2.05, 4.69) is 31.1 Å². The van der Waals surface area contributed by atoms with Gasteiger partial charge in [-0.15, -0.1) is 0 Å². The smallest absolute Gasteiger partial charge is 0.293 e. The van der Waals surface area contributed by atoms with Crippen LogP contribution in [0.25, 0.3) is 0 Å². The molecule has 1 fully saturated rings. The van der Waals surface area contributed by atoms with Crippen molar-refractivity contribution in [2.75, 3.05) is 5.32 Å². The summed E-state index contributed by atoms with van der Waals surface area (Å²) in [6.07, 6.45) is 5.71. The van der Waals surface area contributed by atoms with Crippen LogP contribution in [0.15, 0.2) is 17.2 Å².